The van der Waals surface area contributed by atoms with E-state index in [1.165, 1.54) is 11.1 Å². The number of aryl methyl sites for hydroxylation is 1. The molecule has 7 heteroatoms. The molecule has 0 amide bonds. The smallest absolute Gasteiger partial charge is 0.159 e. The van der Waals surface area contributed by atoms with Gasteiger partial charge in [-0.2, -0.15) is 5.10 Å². The lowest BCUT2D eigenvalue weighted by molar-refractivity contribution is 0.400. The standard InChI is InChI=1S/C31H35FN6/c1-20(23-12-14-33-15-13-23)10-11-27-21(2)29(37-36-27)31-34-28-9-5-8-26(30(28)35-31)24-17-22(18-25(32)19-24)7-6-16-38(3)4/h5,8-12,17-19,33,36H,2,6-7,13-16H2,1,3-4H3,(H,34,35)/b20-10+,27-11+. The monoisotopic (exact) mass is 510 g/mol. The van der Waals surface area contributed by atoms with Crippen molar-refractivity contribution in [3.63, 3.8) is 0 Å². The SMILES string of the molecule is C=c1c(-c2nc3c(-c4cc(F)cc(CCCN(C)C)c4)cccc3[nH]2)n[nH]/c1=C/C=C(\C)C1=CCNCC1. The molecule has 2 aromatic carbocycles. The molecule has 6 nitrogen and oxygen atoms in total. The zero-order valence-corrected chi connectivity index (χ0v) is 22.4. The van der Waals surface area contributed by atoms with Crippen LogP contribution in [0.25, 0.3) is 46.3 Å². The van der Waals surface area contributed by atoms with Gasteiger partial charge >= 0.3 is 0 Å². The molecule has 3 N–H and O–H groups in total. The van der Waals surface area contributed by atoms with Gasteiger partial charge in [0.05, 0.1) is 16.4 Å². The van der Waals surface area contributed by atoms with E-state index in [2.05, 4.69) is 71.2 Å². The van der Waals surface area contributed by atoms with Crippen molar-refractivity contribution in [2.45, 2.75) is 26.2 Å². The number of hydrogen-bond donors (Lipinski definition) is 3. The molecule has 1 aliphatic heterocycles. The van der Waals surface area contributed by atoms with Crippen LogP contribution in [0.2, 0.25) is 0 Å². The van der Waals surface area contributed by atoms with Gasteiger partial charge in [0.15, 0.2) is 5.82 Å². The molecule has 0 saturated carbocycles. The van der Waals surface area contributed by atoms with Crippen LogP contribution in [-0.4, -0.2) is 58.8 Å². The van der Waals surface area contributed by atoms with E-state index < -0.39 is 0 Å². The molecule has 0 saturated heterocycles. The first-order chi connectivity index (χ1) is 18.4. The van der Waals surface area contributed by atoms with Gasteiger partial charge < -0.3 is 15.2 Å². The Balaban J connectivity index is 1.47. The predicted octanol–water partition coefficient (Wildman–Crippen LogP) is 4.31. The Bertz CT molecular complexity index is 1620. The number of allylic oxidation sites excluding steroid dienone is 2. The summed E-state index contributed by atoms with van der Waals surface area (Å²) in [6.45, 7) is 9.29. The summed E-state index contributed by atoms with van der Waals surface area (Å²) in [5.74, 6) is 0.406. The van der Waals surface area contributed by atoms with Gasteiger partial charge in [0, 0.05) is 17.3 Å². The number of nitrogens with one attached hydrogen (secondary N) is 3. The Morgan fingerprint density at radius 1 is 1.21 bits per heavy atom. The van der Waals surface area contributed by atoms with E-state index in [4.69, 9.17) is 4.98 Å². The van der Waals surface area contributed by atoms with Gasteiger partial charge in [-0.05, 0) is 99.9 Å². The Hall–Kier alpha value is -3.81. The van der Waals surface area contributed by atoms with Gasteiger partial charge in [-0.1, -0.05) is 36.9 Å². The number of nitrogens with zero attached hydrogens (tertiary/aromatic N) is 3. The number of halogens is 1. The molecule has 196 valence electrons. The fraction of sp³-hybridized carbons (Fsp3) is 0.290. The first-order valence-electron chi connectivity index (χ1n) is 13.1. The third kappa shape index (κ3) is 5.69. The lowest BCUT2D eigenvalue weighted by Gasteiger charge is -2.13. The minimum Gasteiger partial charge on any atom is -0.337 e. The van der Waals surface area contributed by atoms with Crippen molar-refractivity contribution in [3.05, 3.63) is 81.6 Å². The maximum Gasteiger partial charge on any atom is 0.159 e. The van der Waals surface area contributed by atoms with Crippen LogP contribution in [0, 0.1) is 5.82 Å². The average molecular weight is 511 g/mol. The molecular formula is C31H35FN6. The molecule has 0 radical (unpaired) electrons. The third-order valence-corrected chi connectivity index (χ3v) is 7.05. The Labute approximate surface area is 222 Å². The zero-order chi connectivity index (χ0) is 26.6. The first kappa shape index (κ1) is 25.8. The van der Waals surface area contributed by atoms with Crippen LogP contribution in [0.4, 0.5) is 4.39 Å². The van der Waals surface area contributed by atoms with Crippen LogP contribution in [0.5, 0.6) is 0 Å². The second kappa shape index (κ2) is 11.3. The van der Waals surface area contributed by atoms with Gasteiger partial charge in [0.2, 0.25) is 0 Å². The normalized spacial score (nSPS) is 15.0. The van der Waals surface area contributed by atoms with Crippen LogP contribution in [0.1, 0.15) is 25.3 Å². The van der Waals surface area contributed by atoms with E-state index in [1.807, 2.05) is 24.3 Å². The quantitative estimate of drug-likeness (QED) is 0.330. The third-order valence-electron chi connectivity index (χ3n) is 7.05. The fourth-order valence-electron chi connectivity index (χ4n) is 4.94. The molecule has 3 heterocycles. The highest BCUT2D eigenvalue weighted by atomic mass is 19.1. The second-order valence-corrected chi connectivity index (χ2v) is 10.2. The molecule has 0 aliphatic carbocycles. The summed E-state index contributed by atoms with van der Waals surface area (Å²) in [6.07, 6.45) is 9.21. The number of hydrogen-bond acceptors (Lipinski definition) is 4. The molecule has 1 aliphatic rings. The van der Waals surface area contributed by atoms with Gasteiger partial charge in [0.1, 0.15) is 11.5 Å². The minimum absolute atomic E-state index is 0.230. The Kier molecular flexibility index (Phi) is 7.67. The van der Waals surface area contributed by atoms with E-state index >= 15 is 0 Å². The van der Waals surface area contributed by atoms with Gasteiger partial charge in [0.25, 0.3) is 0 Å². The van der Waals surface area contributed by atoms with Crippen molar-refractivity contribution in [3.8, 4) is 22.6 Å². The minimum atomic E-state index is -0.230. The van der Waals surface area contributed by atoms with E-state index in [0.717, 1.165) is 77.2 Å². The summed E-state index contributed by atoms with van der Waals surface area (Å²) < 4.78 is 14.6. The number of aromatic nitrogens is 4. The summed E-state index contributed by atoms with van der Waals surface area (Å²) >= 11 is 0. The van der Waals surface area contributed by atoms with Crippen LogP contribution in [0.15, 0.2) is 59.7 Å². The molecule has 4 aromatic rings. The van der Waals surface area contributed by atoms with Crippen molar-refractivity contribution in [1.82, 2.24) is 30.4 Å². The second-order valence-electron chi connectivity index (χ2n) is 10.2. The molecule has 0 spiro atoms. The molecular weight excluding hydrogens is 475 g/mol. The van der Waals surface area contributed by atoms with Crippen molar-refractivity contribution in [1.29, 1.82) is 0 Å². The summed E-state index contributed by atoms with van der Waals surface area (Å²) in [6, 6.07) is 11.2. The fourth-order valence-corrected chi connectivity index (χ4v) is 4.94. The molecule has 0 atom stereocenters. The summed E-state index contributed by atoms with van der Waals surface area (Å²) in [5, 5.41) is 12.6. The van der Waals surface area contributed by atoms with Crippen molar-refractivity contribution < 1.29 is 4.39 Å². The largest absolute Gasteiger partial charge is 0.337 e. The molecule has 5 rings (SSSR count). The van der Waals surface area contributed by atoms with Gasteiger partial charge in [-0.3, -0.25) is 5.10 Å². The number of aromatic amines is 2. The number of benzene rings is 2. The van der Waals surface area contributed by atoms with Crippen LogP contribution in [0.3, 0.4) is 0 Å². The van der Waals surface area contributed by atoms with E-state index in [1.54, 1.807) is 12.1 Å². The summed E-state index contributed by atoms with van der Waals surface area (Å²) in [7, 11) is 4.10. The number of H-pyrrole nitrogens is 2. The molecule has 0 bridgehead atoms. The predicted molar refractivity (Wildman–Crippen MR) is 155 cm³/mol. The highest BCUT2D eigenvalue weighted by Crippen LogP contribution is 2.30. The lowest BCUT2D eigenvalue weighted by Crippen LogP contribution is -2.22. The van der Waals surface area contributed by atoms with Crippen LogP contribution in [-0.2, 0) is 6.42 Å². The summed E-state index contributed by atoms with van der Waals surface area (Å²) in [4.78, 5) is 10.4. The summed E-state index contributed by atoms with van der Waals surface area (Å²) in [5.41, 5.74) is 7.65. The van der Waals surface area contributed by atoms with Crippen LogP contribution >= 0.6 is 0 Å². The van der Waals surface area contributed by atoms with Gasteiger partial charge in [-0.25, -0.2) is 9.37 Å². The van der Waals surface area contributed by atoms with E-state index in [0.29, 0.717) is 11.5 Å². The lowest BCUT2D eigenvalue weighted by atomic mass is 9.99. The van der Waals surface area contributed by atoms with E-state index in [9.17, 15) is 4.39 Å². The molecule has 0 fully saturated rings. The number of rotatable bonds is 8. The Morgan fingerprint density at radius 2 is 2.08 bits per heavy atom. The number of imidazole rings is 1. The molecule has 0 unspecified atom stereocenters. The first-order valence-corrected chi connectivity index (χ1v) is 13.1. The van der Waals surface area contributed by atoms with Gasteiger partial charge in [-0.15, -0.1) is 0 Å². The van der Waals surface area contributed by atoms with Crippen molar-refractivity contribution in [2.75, 3.05) is 33.7 Å². The highest BCUT2D eigenvalue weighted by molar-refractivity contribution is 5.93. The Morgan fingerprint density at radius 3 is 2.87 bits per heavy atom. The van der Waals surface area contributed by atoms with Crippen LogP contribution < -0.4 is 15.9 Å². The van der Waals surface area contributed by atoms with E-state index in [-0.39, 0.29) is 5.82 Å². The molecule has 2 aromatic heterocycles. The highest BCUT2D eigenvalue weighted by Gasteiger charge is 2.14. The maximum absolute atomic E-state index is 14.6. The van der Waals surface area contributed by atoms with Crippen molar-refractivity contribution in [2.24, 2.45) is 0 Å². The zero-order valence-electron chi connectivity index (χ0n) is 22.4. The topological polar surface area (TPSA) is 72.6 Å². The maximum atomic E-state index is 14.6. The number of fused-ring (bicyclic) bond motifs is 1. The molecule has 38 heavy (non-hydrogen) atoms. The van der Waals surface area contributed by atoms with Crippen molar-refractivity contribution >= 4 is 23.7 Å². The average Bonchev–Trinajstić information content (AvgIpc) is 3.50. The number of para-hydroxylation sites is 1.